The highest BCUT2D eigenvalue weighted by Crippen LogP contribution is 2.27. The van der Waals surface area contributed by atoms with E-state index in [9.17, 15) is 4.79 Å². The van der Waals surface area contributed by atoms with Crippen LogP contribution in [-0.2, 0) is 4.79 Å². The zero-order chi connectivity index (χ0) is 20.2. The normalized spacial score (nSPS) is 16.6. The van der Waals surface area contributed by atoms with Gasteiger partial charge in [-0.2, -0.15) is 0 Å². The van der Waals surface area contributed by atoms with Crippen LogP contribution in [0.15, 0.2) is 59.2 Å². The van der Waals surface area contributed by atoms with Crippen molar-refractivity contribution in [1.29, 1.82) is 0 Å². The van der Waals surface area contributed by atoms with Crippen molar-refractivity contribution in [3.63, 3.8) is 0 Å². The summed E-state index contributed by atoms with van der Waals surface area (Å²) in [5, 5.41) is 5.36. The summed E-state index contributed by atoms with van der Waals surface area (Å²) < 4.78 is 10.9. The smallest absolute Gasteiger partial charge is 0.227 e. The van der Waals surface area contributed by atoms with E-state index in [1.165, 1.54) is 12.8 Å². The summed E-state index contributed by atoms with van der Waals surface area (Å²) in [6.07, 6.45) is 4.10. The molecular formula is C24H28N2O3. The van der Waals surface area contributed by atoms with Crippen molar-refractivity contribution < 1.29 is 13.9 Å². The van der Waals surface area contributed by atoms with E-state index >= 15 is 0 Å². The molecule has 2 heterocycles. The van der Waals surface area contributed by atoms with Gasteiger partial charge < -0.3 is 14.5 Å². The van der Waals surface area contributed by atoms with Gasteiger partial charge >= 0.3 is 0 Å². The lowest BCUT2D eigenvalue weighted by Crippen LogP contribution is -2.38. The SMILES string of the molecule is COc1ccc2cc([C@H](C)C(=O)NC[C@@H](c3ccco3)N3CCCC3)ccc2c1. The Bertz CT molecular complexity index is 961. The molecule has 152 valence electrons. The van der Waals surface area contributed by atoms with E-state index in [4.69, 9.17) is 9.15 Å². The van der Waals surface area contributed by atoms with Gasteiger partial charge in [0.15, 0.2) is 0 Å². The monoisotopic (exact) mass is 392 g/mol. The third kappa shape index (κ3) is 4.30. The van der Waals surface area contributed by atoms with Crippen molar-refractivity contribution in [2.24, 2.45) is 0 Å². The highest BCUT2D eigenvalue weighted by molar-refractivity contribution is 5.88. The molecule has 5 nitrogen and oxygen atoms in total. The first-order valence-corrected chi connectivity index (χ1v) is 10.3. The third-order valence-electron chi connectivity index (χ3n) is 5.89. The molecule has 1 aromatic heterocycles. The first-order chi connectivity index (χ1) is 14.2. The Hall–Kier alpha value is -2.79. The van der Waals surface area contributed by atoms with Crippen LogP contribution in [0.1, 0.15) is 43.0 Å². The Balaban J connectivity index is 1.45. The molecule has 3 aromatic rings. The summed E-state index contributed by atoms with van der Waals surface area (Å²) in [5.74, 6) is 1.56. The van der Waals surface area contributed by atoms with Gasteiger partial charge in [0.1, 0.15) is 11.5 Å². The lowest BCUT2D eigenvalue weighted by Gasteiger charge is -2.26. The first kappa shape index (κ1) is 19.5. The van der Waals surface area contributed by atoms with Gasteiger partial charge in [0.25, 0.3) is 0 Å². The number of nitrogens with zero attached hydrogens (tertiary/aromatic N) is 1. The topological polar surface area (TPSA) is 54.7 Å². The van der Waals surface area contributed by atoms with Gasteiger partial charge in [-0.05, 0) is 73.5 Å². The minimum absolute atomic E-state index is 0.0358. The first-order valence-electron chi connectivity index (χ1n) is 10.3. The van der Waals surface area contributed by atoms with Crippen LogP contribution in [0.25, 0.3) is 10.8 Å². The average molecular weight is 392 g/mol. The van der Waals surface area contributed by atoms with E-state index in [2.05, 4.69) is 16.3 Å². The number of hydrogen-bond donors (Lipinski definition) is 1. The summed E-state index contributed by atoms with van der Waals surface area (Å²) >= 11 is 0. The average Bonchev–Trinajstić information content (AvgIpc) is 3.47. The zero-order valence-electron chi connectivity index (χ0n) is 17.1. The van der Waals surface area contributed by atoms with Gasteiger partial charge in [-0.15, -0.1) is 0 Å². The standard InChI is InChI=1S/C24H28N2O3/c1-17(18-7-8-20-15-21(28-2)10-9-19(20)14-18)24(27)25-16-22(23-6-5-13-29-23)26-11-3-4-12-26/h5-10,13-15,17,22H,3-4,11-12,16H2,1-2H3,(H,25,27)/t17-,22-/m0/s1. The van der Waals surface area contributed by atoms with Crippen molar-refractivity contribution >= 4 is 16.7 Å². The van der Waals surface area contributed by atoms with Crippen LogP contribution in [-0.4, -0.2) is 37.6 Å². The van der Waals surface area contributed by atoms with Crippen molar-refractivity contribution in [2.45, 2.75) is 31.7 Å². The highest BCUT2D eigenvalue weighted by Gasteiger charge is 2.26. The summed E-state index contributed by atoms with van der Waals surface area (Å²) in [4.78, 5) is 15.3. The number of likely N-dealkylation sites (tertiary alicyclic amines) is 1. The Labute approximate surface area is 171 Å². The molecule has 1 amide bonds. The number of furan rings is 1. The molecule has 2 atom stereocenters. The largest absolute Gasteiger partial charge is 0.497 e. The summed E-state index contributed by atoms with van der Waals surface area (Å²) in [6, 6.07) is 16.1. The molecule has 4 rings (SSSR count). The summed E-state index contributed by atoms with van der Waals surface area (Å²) in [5.41, 5.74) is 1.01. The van der Waals surface area contributed by atoms with Gasteiger partial charge in [0, 0.05) is 6.54 Å². The molecule has 1 aliphatic heterocycles. The van der Waals surface area contributed by atoms with E-state index in [-0.39, 0.29) is 17.9 Å². The lowest BCUT2D eigenvalue weighted by molar-refractivity contribution is -0.122. The quantitative estimate of drug-likeness (QED) is 0.643. The van der Waals surface area contributed by atoms with E-state index in [0.29, 0.717) is 6.54 Å². The number of carbonyl (C=O) groups excluding carboxylic acids is 1. The summed E-state index contributed by atoms with van der Waals surface area (Å²) in [6.45, 7) is 4.61. The van der Waals surface area contributed by atoms with E-state index in [1.54, 1.807) is 13.4 Å². The minimum Gasteiger partial charge on any atom is -0.497 e. The van der Waals surface area contributed by atoms with Gasteiger partial charge in [0.05, 0.1) is 25.3 Å². The number of hydrogen-bond acceptors (Lipinski definition) is 4. The number of nitrogens with one attached hydrogen (secondary N) is 1. The van der Waals surface area contributed by atoms with Crippen molar-refractivity contribution in [2.75, 3.05) is 26.7 Å². The Morgan fingerprint density at radius 1 is 1.14 bits per heavy atom. The van der Waals surface area contributed by atoms with E-state index < -0.39 is 0 Å². The van der Waals surface area contributed by atoms with Crippen LogP contribution < -0.4 is 10.1 Å². The maximum Gasteiger partial charge on any atom is 0.227 e. The maximum atomic E-state index is 12.9. The van der Waals surface area contributed by atoms with Crippen LogP contribution in [0.4, 0.5) is 0 Å². The minimum atomic E-state index is -0.225. The van der Waals surface area contributed by atoms with Gasteiger partial charge in [-0.3, -0.25) is 9.69 Å². The molecule has 0 saturated carbocycles. The second kappa shape index (κ2) is 8.70. The molecule has 1 N–H and O–H groups in total. The van der Waals surface area contributed by atoms with Crippen LogP contribution >= 0.6 is 0 Å². The van der Waals surface area contributed by atoms with E-state index in [1.807, 2.05) is 49.4 Å². The molecule has 2 aromatic carbocycles. The van der Waals surface area contributed by atoms with Gasteiger partial charge in [-0.1, -0.05) is 24.3 Å². The number of rotatable bonds is 7. The Morgan fingerprint density at radius 3 is 2.62 bits per heavy atom. The number of fused-ring (bicyclic) bond motifs is 1. The second-order valence-corrected chi connectivity index (χ2v) is 7.71. The number of benzene rings is 2. The second-order valence-electron chi connectivity index (χ2n) is 7.71. The lowest BCUT2D eigenvalue weighted by atomic mass is 9.97. The molecule has 0 bridgehead atoms. The fraction of sp³-hybridized carbons (Fsp3) is 0.375. The van der Waals surface area contributed by atoms with Gasteiger partial charge in [-0.25, -0.2) is 0 Å². The number of amides is 1. The molecule has 5 heteroatoms. The molecular weight excluding hydrogens is 364 g/mol. The van der Waals surface area contributed by atoms with E-state index in [0.717, 1.165) is 40.9 Å². The van der Waals surface area contributed by atoms with Crippen LogP contribution in [0.3, 0.4) is 0 Å². The molecule has 0 spiro atoms. The Kier molecular flexibility index (Phi) is 5.86. The summed E-state index contributed by atoms with van der Waals surface area (Å²) in [7, 11) is 1.67. The maximum absolute atomic E-state index is 12.9. The molecule has 1 saturated heterocycles. The zero-order valence-corrected chi connectivity index (χ0v) is 17.1. The molecule has 1 fully saturated rings. The fourth-order valence-electron chi connectivity index (χ4n) is 4.08. The van der Waals surface area contributed by atoms with Crippen LogP contribution in [0.2, 0.25) is 0 Å². The van der Waals surface area contributed by atoms with Crippen LogP contribution in [0.5, 0.6) is 5.75 Å². The van der Waals surface area contributed by atoms with Gasteiger partial charge in [0.2, 0.25) is 5.91 Å². The molecule has 1 aliphatic rings. The van der Waals surface area contributed by atoms with Crippen molar-refractivity contribution in [1.82, 2.24) is 10.2 Å². The number of ether oxygens (including phenoxy) is 1. The van der Waals surface area contributed by atoms with Crippen molar-refractivity contribution in [3.05, 3.63) is 66.1 Å². The third-order valence-corrected chi connectivity index (χ3v) is 5.89. The highest BCUT2D eigenvalue weighted by atomic mass is 16.5. The Morgan fingerprint density at radius 2 is 1.90 bits per heavy atom. The van der Waals surface area contributed by atoms with Crippen LogP contribution in [0, 0.1) is 0 Å². The number of methoxy groups -OCH3 is 1. The molecule has 0 radical (unpaired) electrons. The van der Waals surface area contributed by atoms with Crippen molar-refractivity contribution in [3.8, 4) is 5.75 Å². The molecule has 0 aliphatic carbocycles. The predicted octanol–water partition coefficient (Wildman–Crippen LogP) is 4.50. The number of carbonyl (C=O) groups is 1. The predicted molar refractivity (Wildman–Crippen MR) is 114 cm³/mol. The molecule has 0 unspecified atom stereocenters. The molecule has 29 heavy (non-hydrogen) atoms. The fourth-order valence-corrected chi connectivity index (χ4v) is 4.08.